The minimum Gasteiger partial charge on any atom is -0.676 e. The zero-order valence-corrected chi connectivity index (χ0v) is 20.1. The summed E-state index contributed by atoms with van der Waals surface area (Å²) in [5.41, 5.74) is 14.1. The van der Waals surface area contributed by atoms with Crippen LogP contribution in [0, 0.1) is 0 Å². The van der Waals surface area contributed by atoms with Gasteiger partial charge in [0, 0.05) is 0 Å². The molecule has 11 heteroatoms. The van der Waals surface area contributed by atoms with E-state index in [0.29, 0.717) is 0 Å². The van der Waals surface area contributed by atoms with Gasteiger partial charge in [-0.1, -0.05) is 25.7 Å². The summed E-state index contributed by atoms with van der Waals surface area (Å²) in [4.78, 5) is 42.9. The number of hydrogen-bond acceptors (Lipinski definition) is 8. The van der Waals surface area contributed by atoms with Crippen molar-refractivity contribution in [2.75, 3.05) is 0 Å². The average Bonchev–Trinajstić information content (AvgIpc) is 3.05. The van der Waals surface area contributed by atoms with Crippen LogP contribution in [-0.2, 0) is 49.7 Å². The second-order valence-electron chi connectivity index (χ2n) is 7.23. The smallest absolute Gasteiger partial charge is 0.676 e. The van der Waals surface area contributed by atoms with Crippen molar-refractivity contribution in [2.45, 2.75) is 77.7 Å². The number of rotatable bonds is 2. The Labute approximate surface area is 195 Å². The second kappa shape index (κ2) is 12.7. The molecule has 1 aliphatic carbocycles. The molecule has 2 heterocycles. The summed E-state index contributed by atoms with van der Waals surface area (Å²) in [7, 11) is 0. The molecule has 2 aliphatic heterocycles. The van der Waals surface area contributed by atoms with Crippen LogP contribution in [0.3, 0.4) is 0 Å². The summed E-state index contributed by atoms with van der Waals surface area (Å²) >= 11 is 0. The number of cyclic esters (lactones) is 2. The maximum Gasteiger partial charge on any atom is 2.00 e. The van der Waals surface area contributed by atoms with Gasteiger partial charge in [-0.05, 0) is 27.7 Å². The molecule has 4 atom stereocenters. The number of carbonyl (C=O) groups is 4. The van der Waals surface area contributed by atoms with E-state index in [1.54, 1.807) is 0 Å². The molecule has 4 unspecified atom stereocenters. The molecule has 0 bridgehead atoms. The van der Waals surface area contributed by atoms with Gasteiger partial charge in [0.15, 0.2) is 35.3 Å². The van der Waals surface area contributed by atoms with Crippen molar-refractivity contribution < 1.29 is 59.9 Å². The van der Waals surface area contributed by atoms with Gasteiger partial charge in [0.1, 0.15) is 11.1 Å². The van der Waals surface area contributed by atoms with E-state index >= 15 is 0 Å². The van der Waals surface area contributed by atoms with Crippen molar-refractivity contribution in [2.24, 2.45) is 0 Å². The maximum atomic E-state index is 10.8. The van der Waals surface area contributed by atoms with Crippen molar-refractivity contribution >= 4 is 23.5 Å². The van der Waals surface area contributed by atoms with E-state index in [-0.39, 0.29) is 55.8 Å². The molecule has 3 aliphatic rings. The molecule has 4 N–H and O–H groups in total. The molecule has 0 amide bonds. The van der Waals surface area contributed by atoms with Gasteiger partial charge in [-0.15, -0.1) is 0 Å². The molecule has 10 nitrogen and oxygen atoms in total. The van der Waals surface area contributed by atoms with E-state index in [1.807, 2.05) is 0 Å². The first kappa shape index (κ1) is 29.0. The Morgan fingerprint density at radius 3 is 1.23 bits per heavy atom. The zero-order valence-electron chi connectivity index (χ0n) is 17.8. The Morgan fingerprint density at radius 1 is 0.806 bits per heavy atom. The Morgan fingerprint density at radius 2 is 1.10 bits per heavy atom. The van der Waals surface area contributed by atoms with Gasteiger partial charge in [-0.2, -0.15) is 12.1 Å². The summed E-state index contributed by atoms with van der Waals surface area (Å²) in [6, 6.07) is -0.160. The van der Waals surface area contributed by atoms with Crippen LogP contribution in [0.15, 0.2) is 22.7 Å². The molecule has 0 saturated heterocycles. The van der Waals surface area contributed by atoms with Gasteiger partial charge in [0.2, 0.25) is 0 Å². The van der Waals surface area contributed by atoms with Gasteiger partial charge < -0.3 is 31.2 Å². The summed E-state index contributed by atoms with van der Waals surface area (Å²) in [5.74, 6) is -2.91. The van der Waals surface area contributed by atoms with E-state index in [4.69, 9.17) is 21.7 Å². The molecule has 0 radical (unpaired) electrons. The van der Waals surface area contributed by atoms with Gasteiger partial charge >= 0.3 is 33.0 Å². The van der Waals surface area contributed by atoms with E-state index in [9.17, 15) is 19.2 Å². The Bertz CT molecular complexity index is 713. The number of ether oxygens (including phenoxy) is 2. The molecular formula is C20H28N2O8Pt. The van der Waals surface area contributed by atoms with Crippen molar-refractivity contribution in [3.63, 3.8) is 0 Å². The molecule has 176 valence electrons. The Kier molecular flexibility index (Phi) is 11.9. The van der Waals surface area contributed by atoms with Gasteiger partial charge in [-0.25, -0.2) is 9.59 Å². The number of Topliss-reactive ketones (excluding diaryl/α,β-unsaturated/α-hetero) is 2. The third-order valence-corrected chi connectivity index (χ3v) is 4.73. The number of nitrogens with one attached hydrogen (secondary N) is 2. The number of aliphatic hydroxyl groups excluding tert-OH is 2. The minimum atomic E-state index is -0.734. The molecule has 3 rings (SSSR count). The zero-order chi connectivity index (χ0) is 23.2. The molecule has 0 aromatic carbocycles. The van der Waals surface area contributed by atoms with Crippen molar-refractivity contribution in [3.05, 3.63) is 34.1 Å². The number of ketones is 2. The molecule has 1 fully saturated rings. The molecule has 0 aromatic rings. The fraction of sp³-hybridized carbons (Fsp3) is 0.600. The van der Waals surface area contributed by atoms with Gasteiger partial charge in [-0.3, -0.25) is 9.59 Å². The standard InChI is InChI=1S/2C7H8O4.C6H12N2.Pt/c2*1-3(8)5-6(9)4(2)11-7(5)10;7-5-3-1-2-4-6(5)8;/h2*4,9H,1-2H3;5-8H,1-4H2;/q;;-2;+2. The van der Waals surface area contributed by atoms with E-state index in [2.05, 4.69) is 9.47 Å². The van der Waals surface area contributed by atoms with Gasteiger partial charge in [0.25, 0.3) is 0 Å². The molecule has 0 aromatic heterocycles. The molecule has 31 heavy (non-hydrogen) atoms. The second-order valence-corrected chi connectivity index (χ2v) is 7.23. The Hall–Kier alpha value is -2.03. The first-order valence-electron chi connectivity index (χ1n) is 9.60. The van der Waals surface area contributed by atoms with E-state index < -0.39 is 35.7 Å². The summed E-state index contributed by atoms with van der Waals surface area (Å²) in [5, 5.41) is 18.2. The first-order chi connectivity index (χ1) is 13.9. The van der Waals surface area contributed by atoms with Gasteiger partial charge in [0.05, 0.1) is 0 Å². The third kappa shape index (κ3) is 7.87. The Balaban J connectivity index is 0.000000434. The number of carbonyl (C=O) groups excluding carboxylic acids is 4. The SMILES string of the molecule is CC(=O)C1=C(O)C(C)OC1=O.CC(=O)C1=C(O)C(C)OC1=O.[NH-]C1CCCCC1[NH-].[Pt+2]. The van der Waals surface area contributed by atoms with Crippen LogP contribution in [0.1, 0.15) is 53.4 Å². The summed E-state index contributed by atoms with van der Waals surface area (Å²) < 4.78 is 9.13. The van der Waals surface area contributed by atoms with Crippen LogP contribution >= 0.6 is 0 Å². The van der Waals surface area contributed by atoms with Crippen LogP contribution in [0.2, 0.25) is 0 Å². The van der Waals surface area contributed by atoms with E-state index in [0.717, 1.165) is 12.8 Å². The monoisotopic (exact) mass is 619 g/mol. The third-order valence-electron chi connectivity index (χ3n) is 4.73. The summed E-state index contributed by atoms with van der Waals surface area (Å²) in [6.07, 6.45) is 2.89. The van der Waals surface area contributed by atoms with Crippen molar-refractivity contribution in [1.29, 1.82) is 0 Å². The maximum absolute atomic E-state index is 10.8. The predicted octanol–water partition coefficient (Wildman–Crippen LogP) is 3.07. The molecule has 0 spiro atoms. The van der Waals surface area contributed by atoms with Crippen LogP contribution in [-0.4, -0.2) is 58.0 Å². The van der Waals surface area contributed by atoms with Crippen LogP contribution < -0.4 is 0 Å². The van der Waals surface area contributed by atoms with Crippen LogP contribution in [0.4, 0.5) is 0 Å². The number of aliphatic hydroxyl groups is 2. The van der Waals surface area contributed by atoms with Crippen LogP contribution in [0.5, 0.6) is 0 Å². The van der Waals surface area contributed by atoms with Crippen molar-refractivity contribution in [3.8, 4) is 0 Å². The van der Waals surface area contributed by atoms with E-state index in [1.165, 1.54) is 40.5 Å². The average molecular weight is 620 g/mol. The topological polar surface area (TPSA) is 175 Å². The fourth-order valence-corrected chi connectivity index (χ4v) is 2.95. The minimum absolute atomic E-state index is 0. The quantitative estimate of drug-likeness (QED) is 0.350. The predicted molar refractivity (Wildman–Crippen MR) is 106 cm³/mol. The number of hydrogen-bond donors (Lipinski definition) is 2. The van der Waals surface area contributed by atoms with Crippen LogP contribution in [0.25, 0.3) is 11.5 Å². The summed E-state index contributed by atoms with van der Waals surface area (Å²) in [6.45, 7) is 5.43. The molecular weight excluding hydrogens is 591 g/mol. The van der Waals surface area contributed by atoms with Crippen molar-refractivity contribution in [1.82, 2.24) is 0 Å². The largest absolute Gasteiger partial charge is 2.00 e. The normalized spacial score (nSPS) is 27.2. The number of esters is 2. The first-order valence-corrected chi connectivity index (χ1v) is 9.60. The molecule has 1 saturated carbocycles. The fourth-order valence-electron chi connectivity index (χ4n) is 2.95.